The van der Waals surface area contributed by atoms with Gasteiger partial charge in [0.2, 0.25) is 11.8 Å². The Morgan fingerprint density at radius 1 is 1.32 bits per heavy atom. The predicted octanol–water partition coefficient (Wildman–Crippen LogP) is 2.62. The molecule has 7 nitrogen and oxygen atoms in total. The number of benzene rings is 1. The van der Waals surface area contributed by atoms with Crippen molar-refractivity contribution in [1.29, 1.82) is 0 Å². The number of amides is 2. The Hall–Kier alpha value is -2.83. The molecule has 1 saturated heterocycles. The molecule has 0 saturated carbocycles. The third-order valence-corrected chi connectivity index (χ3v) is 5.30. The number of rotatable bonds is 2. The van der Waals surface area contributed by atoms with E-state index in [1.807, 2.05) is 20.8 Å². The van der Waals surface area contributed by atoms with Gasteiger partial charge in [0.1, 0.15) is 17.2 Å². The van der Waals surface area contributed by atoms with E-state index < -0.39 is 0 Å². The second-order valence-electron chi connectivity index (χ2n) is 8.57. The second-order valence-corrected chi connectivity index (χ2v) is 8.57. The number of aromatic nitrogens is 1. The Morgan fingerprint density at radius 3 is 2.82 bits per heavy atom. The molecule has 1 atom stereocenters. The number of aromatic hydroxyl groups is 1. The van der Waals surface area contributed by atoms with E-state index in [0.29, 0.717) is 37.6 Å². The maximum absolute atomic E-state index is 13.0. The van der Waals surface area contributed by atoms with Crippen molar-refractivity contribution in [3.05, 3.63) is 41.6 Å². The summed E-state index contributed by atoms with van der Waals surface area (Å²) in [6.07, 6.45) is 0.824. The normalized spacial score (nSPS) is 19.8. The van der Waals surface area contributed by atoms with Crippen molar-refractivity contribution in [3.63, 3.8) is 0 Å². The minimum absolute atomic E-state index is 0.0260. The van der Waals surface area contributed by atoms with Crippen molar-refractivity contribution in [1.82, 2.24) is 9.88 Å². The fraction of sp³-hybridized carbons (Fsp3) is 0.476. The summed E-state index contributed by atoms with van der Waals surface area (Å²) in [7, 11) is 0. The van der Waals surface area contributed by atoms with Crippen LogP contribution in [0.25, 0.3) is 0 Å². The molecule has 1 aromatic carbocycles. The van der Waals surface area contributed by atoms with Crippen LogP contribution < -0.4 is 4.90 Å². The summed E-state index contributed by atoms with van der Waals surface area (Å²) in [5.41, 5.74) is 1.26. The van der Waals surface area contributed by atoms with E-state index >= 15 is 0 Å². The number of oxazole rings is 1. The van der Waals surface area contributed by atoms with E-state index in [1.165, 1.54) is 0 Å². The summed E-state index contributed by atoms with van der Waals surface area (Å²) in [6, 6.07) is 6.56. The molecule has 0 radical (unpaired) electrons. The number of nitrogens with zero attached hydrogens (tertiary/aromatic N) is 3. The van der Waals surface area contributed by atoms with Crippen LogP contribution >= 0.6 is 0 Å². The molecule has 1 N–H and O–H groups in total. The van der Waals surface area contributed by atoms with Gasteiger partial charge in [0.05, 0.1) is 12.5 Å². The van der Waals surface area contributed by atoms with Gasteiger partial charge in [-0.3, -0.25) is 9.59 Å². The molecule has 0 spiro atoms. The van der Waals surface area contributed by atoms with Gasteiger partial charge in [-0.05, 0) is 12.1 Å². The zero-order chi connectivity index (χ0) is 20.1. The van der Waals surface area contributed by atoms with E-state index in [4.69, 9.17) is 4.42 Å². The van der Waals surface area contributed by atoms with E-state index in [9.17, 15) is 14.7 Å². The van der Waals surface area contributed by atoms with Gasteiger partial charge in [0, 0.05) is 43.1 Å². The van der Waals surface area contributed by atoms with Gasteiger partial charge in [-0.1, -0.05) is 26.8 Å². The first-order valence-corrected chi connectivity index (χ1v) is 9.59. The molecule has 1 fully saturated rings. The summed E-state index contributed by atoms with van der Waals surface area (Å²) in [4.78, 5) is 33.4. The summed E-state index contributed by atoms with van der Waals surface area (Å²) in [5, 5.41) is 9.66. The highest BCUT2D eigenvalue weighted by Gasteiger charge is 2.39. The number of phenols is 1. The van der Waals surface area contributed by atoms with Gasteiger partial charge in [0.25, 0.3) is 0 Å². The Balaban J connectivity index is 1.47. The molecule has 2 aliphatic heterocycles. The maximum atomic E-state index is 13.0. The minimum Gasteiger partial charge on any atom is -0.508 e. The molecule has 0 bridgehead atoms. The number of anilines is 1. The predicted molar refractivity (Wildman–Crippen MR) is 103 cm³/mol. The van der Waals surface area contributed by atoms with Gasteiger partial charge >= 0.3 is 0 Å². The lowest BCUT2D eigenvalue weighted by Crippen LogP contribution is -2.40. The summed E-state index contributed by atoms with van der Waals surface area (Å²) < 4.78 is 5.89. The molecular formula is C21H25N3O4. The van der Waals surface area contributed by atoms with Crippen LogP contribution in [0.3, 0.4) is 0 Å². The highest BCUT2D eigenvalue weighted by molar-refractivity contribution is 6.00. The molecule has 0 aliphatic carbocycles. The quantitative estimate of drug-likeness (QED) is 0.861. The smallest absolute Gasteiger partial charge is 0.228 e. The molecule has 148 valence electrons. The van der Waals surface area contributed by atoms with Crippen molar-refractivity contribution in [2.75, 3.05) is 18.0 Å². The Labute approximate surface area is 164 Å². The molecule has 4 rings (SSSR count). The van der Waals surface area contributed by atoms with Gasteiger partial charge in [-0.25, -0.2) is 4.98 Å². The lowest BCUT2D eigenvalue weighted by molar-refractivity contribution is -0.136. The number of carbonyl (C=O) groups is 2. The van der Waals surface area contributed by atoms with E-state index in [-0.39, 0.29) is 35.3 Å². The van der Waals surface area contributed by atoms with Gasteiger partial charge in [-0.2, -0.15) is 0 Å². The number of fused-ring (bicyclic) bond motifs is 1. The fourth-order valence-electron chi connectivity index (χ4n) is 3.75. The summed E-state index contributed by atoms with van der Waals surface area (Å²) >= 11 is 0. The first-order chi connectivity index (χ1) is 13.2. The van der Waals surface area contributed by atoms with Crippen LogP contribution in [-0.4, -0.2) is 39.9 Å². The molecule has 2 amide bonds. The second kappa shape index (κ2) is 6.65. The van der Waals surface area contributed by atoms with Gasteiger partial charge in [0.15, 0.2) is 5.89 Å². The zero-order valence-electron chi connectivity index (χ0n) is 16.4. The lowest BCUT2D eigenvalue weighted by Gasteiger charge is -2.27. The van der Waals surface area contributed by atoms with Crippen LogP contribution in [0.1, 0.15) is 44.5 Å². The number of phenolic OH excluding ortho intramolecular Hbond substituents is 1. The van der Waals surface area contributed by atoms with Crippen molar-refractivity contribution < 1.29 is 19.1 Å². The van der Waals surface area contributed by atoms with Crippen LogP contribution in [0.5, 0.6) is 5.75 Å². The first-order valence-electron chi connectivity index (χ1n) is 9.59. The lowest BCUT2D eigenvalue weighted by atomic mass is 9.97. The minimum atomic E-state index is -0.384. The summed E-state index contributed by atoms with van der Waals surface area (Å²) in [5.74, 6) is 1.14. The van der Waals surface area contributed by atoms with Crippen molar-refractivity contribution in [2.45, 2.75) is 45.6 Å². The topological polar surface area (TPSA) is 86.9 Å². The van der Waals surface area contributed by atoms with Crippen molar-refractivity contribution >= 4 is 17.5 Å². The maximum Gasteiger partial charge on any atom is 0.228 e. The van der Waals surface area contributed by atoms with Gasteiger partial charge < -0.3 is 19.3 Å². The number of carbonyl (C=O) groups excluding carboxylic acids is 2. The average molecular weight is 383 g/mol. The zero-order valence-corrected chi connectivity index (χ0v) is 16.4. The van der Waals surface area contributed by atoms with Crippen molar-refractivity contribution in [3.8, 4) is 5.75 Å². The highest BCUT2D eigenvalue weighted by Crippen LogP contribution is 2.31. The highest BCUT2D eigenvalue weighted by atomic mass is 16.4. The molecule has 1 unspecified atom stereocenters. The number of hydrogen-bond acceptors (Lipinski definition) is 5. The van der Waals surface area contributed by atoms with Crippen LogP contribution in [0.4, 0.5) is 5.69 Å². The fourth-order valence-corrected chi connectivity index (χ4v) is 3.75. The molecule has 3 heterocycles. The van der Waals surface area contributed by atoms with E-state index in [1.54, 1.807) is 34.1 Å². The van der Waals surface area contributed by atoms with Crippen LogP contribution in [-0.2, 0) is 28.0 Å². The monoisotopic (exact) mass is 383 g/mol. The number of hydrogen-bond donors (Lipinski definition) is 1. The molecule has 1 aromatic heterocycles. The van der Waals surface area contributed by atoms with E-state index in [2.05, 4.69) is 4.98 Å². The molecular weight excluding hydrogens is 358 g/mol. The third-order valence-electron chi connectivity index (χ3n) is 5.30. The Kier molecular flexibility index (Phi) is 4.40. The largest absolute Gasteiger partial charge is 0.508 e. The van der Waals surface area contributed by atoms with E-state index in [0.717, 1.165) is 11.5 Å². The Bertz CT molecular complexity index is 928. The van der Waals surface area contributed by atoms with Crippen LogP contribution in [0.15, 0.2) is 28.7 Å². The molecule has 2 aromatic rings. The summed E-state index contributed by atoms with van der Waals surface area (Å²) in [6.45, 7) is 7.47. The Morgan fingerprint density at radius 2 is 2.11 bits per heavy atom. The third kappa shape index (κ3) is 3.37. The molecule has 2 aliphatic rings. The van der Waals surface area contributed by atoms with Crippen LogP contribution in [0.2, 0.25) is 0 Å². The SMILES string of the molecule is CC(C)(C)c1nc2c(o1)CCN(C(=O)C1CC(=O)N(c3cccc(O)c3)C1)C2. The molecule has 28 heavy (non-hydrogen) atoms. The van der Waals surface area contributed by atoms with Crippen LogP contribution in [0, 0.1) is 5.92 Å². The average Bonchev–Trinajstić information content (AvgIpc) is 3.24. The van der Waals surface area contributed by atoms with Crippen molar-refractivity contribution in [2.24, 2.45) is 5.92 Å². The standard InChI is InChI=1S/C21H25N3O4/c1-21(2,3)20-22-16-12-23(8-7-17(16)28-20)19(27)13-9-18(26)24(11-13)14-5-4-6-15(25)10-14/h4-6,10,13,25H,7-9,11-12H2,1-3H3. The van der Waals surface area contributed by atoms with Gasteiger partial charge in [-0.15, -0.1) is 0 Å². The molecule has 7 heteroatoms. The first kappa shape index (κ1) is 18.5.